The van der Waals surface area contributed by atoms with Gasteiger partial charge in [0.25, 0.3) is 5.91 Å². The zero-order valence-electron chi connectivity index (χ0n) is 12.9. The first-order valence-electron chi connectivity index (χ1n) is 7.66. The molecule has 2 amide bonds. The number of halogens is 1. The Kier molecular flexibility index (Phi) is 5.06. The van der Waals surface area contributed by atoms with Gasteiger partial charge in [0, 0.05) is 13.1 Å². The number of amides is 2. The van der Waals surface area contributed by atoms with Gasteiger partial charge in [0.15, 0.2) is 0 Å². The third-order valence-electron chi connectivity index (χ3n) is 4.00. The predicted octanol–water partition coefficient (Wildman–Crippen LogP) is 3.03. The van der Waals surface area contributed by atoms with Crippen molar-refractivity contribution in [1.29, 1.82) is 0 Å². The smallest absolute Gasteiger partial charge is 0.264 e. The van der Waals surface area contributed by atoms with Crippen molar-refractivity contribution in [2.75, 3.05) is 6.54 Å². The van der Waals surface area contributed by atoms with Crippen LogP contribution in [0.1, 0.15) is 28.1 Å². The number of benzene rings is 1. The number of carbonyl (C=O) groups excluding carboxylic acids is 2. The van der Waals surface area contributed by atoms with E-state index in [-0.39, 0.29) is 17.6 Å². The minimum absolute atomic E-state index is 0.144. The second kappa shape index (κ2) is 7.23. The molecular weight excluding hydrogens is 348 g/mol. The van der Waals surface area contributed by atoms with E-state index < -0.39 is 6.04 Å². The third kappa shape index (κ3) is 3.71. The molecule has 5 nitrogen and oxygen atoms in total. The van der Waals surface area contributed by atoms with Crippen molar-refractivity contribution >= 4 is 34.8 Å². The number of hydrogen-bond acceptors (Lipinski definition) is 4. The Balaban J connectivity index is 1.63. The van der Waals surface area contributed by atoms with Crippen LogP contribution in [-0.4, -0.2) is 34.4 Å². The summed E-state index contributed by atoms with van der Waals surface area (Å²) in [5.41, 5.74) is 0.891. The summed E-state index contributed by atoms with van der Waals surface area (Å²) >= 11 is 7.12. The van der Waals surface area contributed by atoms with Crippen LogP contribution in [0.15, 0.2) is 36.4 Å². The first kappa shape index (κ1) is 16.8. The van der Waals surface area contributed by atoms with Crippen LogP contribution in [0.2, 0.25) is 4.34 Å². The fourth-order valence-electron chi connectivity index (χ4n) is 2.77. The van der Waals surface area contributed by atoms with E-state index in [9.17, 15) is 14.7 Å². The van der Waals surface area contributed by atoms with Crippen LogP contribution in [0.25, 0.3) is 0 Å². The number of thiophene rings is 1. The maximum atomic E-state index is 12.6. The lowest BCUT2D eigenvalue weighted by Gasteiger charge is -2.23. The maximum absolute atomic E-state index is 12.6. The highest BCUT2D eigenvalue weighted by molar-refractivity contribution is 7.17. The summed E-state index contributed by atoms with van der Waals surface area (Å²) in [6.45, 7) is 0.939. The number of rotatable bonds is 4. The number of nitrogens with zero attached hydrogens (tertiary/aromatic N) is 1. The van der Waals surface area contributed by atoms with E-state index in [1.165, 1.54) is 11.3 Å². The van der Waals surface area contributed by atoms with Gasteiger partial charge >= 0.3 is 0 Å². The van der Waals surface area contributed by atoms with Crippen molar-refractivity contribution in [3.05, 3.63) is 51.2 Å². The second-order valence-corrected chi connectivity index (χ2v) is 7.36. The van der Waals surface area contributed by atoms with Crippen LogP contribution in [0.5, 0.6) is 5.75 Å². The second-order valence-electron chi connectivity index (χ2n) is 5.64. The standard InChI is InChI=1S/C17H17ClN2O3S/c18-15-8-7-14(24-15)17(23)20-9-1-2-13(20)16(22)19-10-11-3-5-12(21)6-4-11/h3-8,13,21H,1-2,9-10H2,(H,19,22). The van der Waals surface area contributed by atoms with Gasteiger partial charge in [-0.25, -0.2) is 0 Å². The zero-order valence-corrected chi connectivity index (χ0v) is 14.4. The van der Waals surface area contributed by atoms with Crippen molar-refractivity contribution in [2.24, 2.45) is 0 Å². The summed E-state index contributed by atoms with van der Waals surface area (Å²) in [4.78, 5) is 27.2. The van der Waals surface area contributed by atoms with Gasteiger partial charge in [-0.15, -0.1) is 11.3 Å². The molecule has 1 aromatic carbocycles. The highest BCUT2D eigenvalue weighted by Crippen LogP contribution is 2.26. The number of likely N-dealkylation sites (tertiary alicyclic amines) is 1. The van der Waals surface area contributed by atoms with Crippen LogP contribution < -0.4 is 5.32 Å². The molecule has 3 rings (SSSR count). The molecule has 2 aromatic rings. The molecule has 2 N–H and O–H groups in total. The summed E-state index contributed by atoms with van der Waals surface area (Å²) in [5.74, 6) is -0.113. The Labute approximate surface area is 148 Å². The van der Waals surface area contributed by atoms with Crippen LogP contribution in [0.4, 0.5) is 0 Å². The molecule has 0 aliphatic carbocycles. The molecule has 24 heavy (non-hydrogen) atoms. The molecular formula is C17H17ClN2O3S. The topological polar surface area (TPSA) is 69.6 Å². The molecule has 0 spiro atoms. The van der Waals surface area contributed by atoms with Gasteiger partial charge in [0.05, 0.1) is 9.21 Å². The van der Waals surface area contributed by atoms with Gasteiger partial charge in [0.1, 0.15) is 11.8 Å². The summed E-state index contributed by atoms with van der Waals surface area (Å²) in [6, 6.07) is 9.59. The molecule has 1 aliphatic rings. The number of carbonyl (C=O) groups is 2. The Morgan fingerprint density at radius 1 is 1.25 bits per heavy atom. The molecule has 1 fully saturated rings. The quantitative estimate of drug-likeness (QED) is 0.876. The molecule has 2 heterocycles. The molecule has 1 saturated heterocycles. The molecule has 0 saturated carbocycles. The lowest BCUT2D eigenvalue weighted by Crippen LogP contribution is -2.45. The summed E-state index contributed by atoms with van der Waals surface area (Å²) in [7, 11) is 0. The number of phenolic OH excluding ortho intramolecular Hbond substituents is 1. The van der Waals surface area contributed by atoms with E-state index in [2.05, 4.69) is 5.32 Å². The number of aromatic hydroxyl groups is 1. The van der Waals surface area contributed by atoms with Gasteiger partial charge in [-0.05, 0) is 42.7 Å². The van der Waals surface area contributed by atoms with Crippen LogP contribution in [0, 0.1) is 0 Å². The Bertz CT molecular complexity index is 745. The Morgan fingerprint density at radius 3 is 2.67 bits per heavy atom. The minimum Gasteiger partial charge on any atom is -0.508 e. The monoisotopic (exact) mass is 364 g/mol. The number of nitrogens with one attached hydrogen (secondary N) is 1. The van der Waals surface area contributed by atoms with Gasteiger partial charge < -0.3 is 15.3 Å². The maximum Gasteiger partial charge on any atom is 0.264 e. The number of phenols is 1. The van der Waals surface area contributed by atoms with Gasteiger partial charge in [-0.3, -0.25) is 9.59 Å². The molecule has 0 radical (unpaired) electrons. The predicted molar refractivity (Wildman–Crippen MR) is 93.3 cm³/mol. The van der Waals surface area contributed by atoms with E-state index in [0.717, 1.165) is 12.0 Å². The molecule has 1 aliphatic heterocycles. The minimum atomic E-state index is -0.449. The average Bonchev–Trinajstić information content (AvgIpc) is 3.22. The summed E-state index contributed by atoms with van der Waals surface area (Å²) < 4.78 is 0.561. The number of hydrogen-bond donors (Lipinski definition) is 2. The molecule has 0 bridgehead atoms. The van der Waals surface area contributed by atoms with Gasteiger partial charge in [0.2, 0.25) is 5.91 Å². The van der Waals surface area contributed by atoms with Crippen LogP contribution in [0.3, 0.4) is 0 Å². The normalized spacial score (nSPS) is 17.0. The molecule has 1 atom stereocenters. The molecule has 126 valence electrons. The van der Waals surface area contributed by atoms with Crippen molar-refractivity contribution < 1.29 is 14.7 Å². The van der Waals surface area contributed by atoms with Crippen molar-refractivity contribution in [1.82, 2.24) is 10.2 Å². The first-order chi connectivity index (χ1) is 11.5. The van der Waals surface area contributed by atoms with Gasteiger partial charge in [-0.1, -0.05) is 23.7 Å². The lowest BCUT2D eigenvalue weighted by atomic mass is 10.1. The van der Waals surface area contributed by atoms with Crippen LogP contribution >= 0.6 is 22.9 Å². The van der Waals surface area contributed by atoms with E-state index >= 15 is 0 Å². The molecule has 1 aromatic heterocycles. The van der Waals surface area contributed by atoms with E-state index in [1.54, 1.807) is 41.3 Å². The van der Waals surface area contributed by atoms with E-state index in [0.29, 0.717) is 28.7 Å². The SMILES string of the molecule is O=C(NCc1ccc(O)cc1)C1CCCN1C(=O)c1ccc(Cl)s1. The largest absolute Gasteiger partial charge is 0.508 e. The van der Waals surface area contributed by atoms with Crippen molar-refractivity contribution in [2.45, 2.75) is 25.4 Å². The third-order valence-corrected chi connectivity index (χ3v) is 5.22. The summed E-state index contributed by atoms with van der Waals surface area (Å²) in [6.07, 6.45) is 1.47. The molecule has 1 unspecified atom stereocenters. The van der Waals surface area contributed by atoms with Crippen molar-refractivity contribution in [3.8, 4) is 5.75 Å². The van der Waals surface area contributed by atoms with Gasteiger partial charge in [-0.2, -0.15) is 0 Å². The fourth-order valence-corrected chi connectivity index (χ4v) is 3.77. The summed E-state index contributed by atoms with van der Waals surface area (Å²) in [5, 5.41) is 12.1. The highest BCUT2D eigenvalue weighted by atomic mass is 35.5. The first-order valence-corrected chi connectivity index (χ1v) is 8.86. The Morgan fingerprint density at radius 2 is 2.00 bits per heavy atom. The zero-order chi connectivity index (χ0) is 17.1. The Hall–Kier alpha value is -2.05. The van der Waals surface area contributed by atoms with E-state index in [1.807, 2.05) is 0 Å². The average molecular weight is 365 g/mol. The highest BCUT2D eigenvalue weighted by Gasteiger charge is 2.34. The van der Waals surface area contributed by atoms with Crippen LogP contribution in [-0.2, 0) is 11.3 Å². The van der Waals surface area contributed by atoms with Crippen molar-refractivity contribution in [3.63, 3.8) is 0 Å². The lowest BCUT2D eigenvalue weighted by molar-refractivity contribution is -0.125. The fraction of sp³-hybridized carbons (Fsp3) is 0.294. The van der Waals surface area contributed by atoms with E-state index in [4.69, 9.17) is 11.6 Å². The molecule has 7 heteroatoms.